The molecule has 1 aliphatic heterocycles. The molecule has 0 atom stereocenters. The molecule has 1 aromatic heterocycles. The van der Waals surface area contributed by atoms with Crippen LogP contribution in [-0.2, 0) is 11.3 Å². The molecule has 1 saturated carbocycles. The van der Waals surface area contributed by atoms with Crippen molar-refractivity contribution in [1.29, 1.82) is 0 Å². The molecular weight excluding hydrogens is 294 g/mol. The predicted octanol–water partition coefficient (Wildman–Crippen LogP) is 2.99. The second kappa shape index (κ2) is 6.51. The highest BCUT2D eigenvalue weighted by Gasteiger charge is 2.28. The molecule has 2 heterocycles. The average molecular weight is 321 g/mol. The summed E-state index contributed by atoms with van der Waals surface area (Å²) >= 11 is 0. The lowest BCUT2D eigenvalue weighted by Gasteiger charge is -2.26. The second-order valence-corrected chi connectivity index (χ2v) is 7.59. The highest BCUT2D eigenvalue weighted by atomic mass is 16.6. The molecule has 0 radical (unpaired) electrons. The first-order valence-corrected chi connectivity index (χ1v) is 8.56. The summed E-state index contributed by atoms with van der Waals surface area (Å²) in [4.78, 5) is 16.3. The van der Waals surface area contributed by atoms with Gasteiger partial charge in [0.15, 0.2) is 0 Å². The molecule has 1 aromatic rings. The summed E-state index contributed by atoms with van der Waals surface area (Å²) in [5, 5.41) is 4.18. The van der Waals surface area contributed by atoms with Gasteiger partial charge in [0.25, 0.3) is 0 Å². The van der Waals surface area contributed by atoms with Gasteiger partial charge in [0.1, 0.15) is 11.4 Å². The van der Waals surface area contributed by atoms with Crippen LogP contribution < -0.4 is 0 Å². The van der Waals surface area contributed by atoms with Gasteiger partial charge in [-0.3, -0.25) is 4.90 Å². The van der Waals surface area contributed by atoms with E-state index in [4.69, 9.17) is 9.26 Å². The SMILES string of the molecule is CC(C)(C)OC(=O)N1CCCN(Cc2cc(C3CC3)on2)CC1. The lowest BCUT2D eigenvalue weighted by molar-refractivity contribution is 0.0257. The zero-order valence-corrected chi connectivity index (χ0v) is 14.4. The first-order valence-electron chi connectivity index (χ1n) is 8.56. The predicted molar refractivity (Wildman–Crippen MR) is 86.2 cm³/mol. The summed E-state index contributed by atoms with van der Waals surface area (Å²) in [7, 11) is 0. The van der Waals surface area contributed by atoms with Gasteiger partial charge in [-0.25, -0.2) is 4.79 Å². The van der Waals surface area contributed by atoms with Crippen LogP contribution in [0.3, 0.4) is 0 Å². The van der Waals surface area contributed by atoms with Gasteiger partial charge >= 0.3 is 6.09 Å². The van der Waals surface area contributed by atoms with Gasteiger partial charge in [-0.2, -0.15) is 0 Å². The maximum Gasteiger partial charge on any atom is 0.410 e. The number of hydrogen-bond donors (Lipinski definition) is 0. The van der Waals surface area contributed by atoms with Crippen LogP contribution in [0.15, 0.2) is 10.6 Å². The quantitative estimate of drug-likeness (QED) is 0.856. The van der Waals surface area contributed by atoms with Gasteiger partial charge in [0.2, 0.25) is 0 Å². The van der Waals surface area contributed by atoms with Gasteiger partial charge in [-0.05, 0) is 40.0 Å². The zero-order chi connectivity index (χ0) is 16.4. The first-order chi connectivity index (χ1) is 10.9. The molecule has 3 rings (SSSR count). The van der Waals surface area contributed by atoms with Crippen LogP contribution in [0.4, 0.5) is 4.79 Å². The van der Waals surface area contributed by atoms with E-state index >= 15 is 0 Å². The molecule has 1 aliphatic carbocycles. The molecule has 2 fully saturated rings. The summed E-state index contributed by atoms with van der Waals surface area (Å²) in [6.07, 6.45) is 3.19. The average Bonchev–Trinajstić information content (AvgIpc) is 3.23. The molecule has 6 heteroatoms. The third kappa shape index (κ3) is 4.70. The van der Waals surface area contributed by atoms with Gasteiger partial charge in [-0.15, -0.1) is 0 Å². The molecule has 0 spiro atoms. The molecule has 23 heavy (non-hydrogen) atoms. The largest absolute Gasteiger partial charge is 0.444 e. The van der Waals surface area contributed by atoms with Crippen molar-refractivity contribution in [3.63, 3.8) is 0 Å². The Hall–Kier alpha value is -1.56. The fraction of sp³-hybridized carbons (Fsp3) is 0.765. The molecule has 2 aliphatic rings. The number of carbonyl (C=O) groups is 1. The maximum atomic E-state index is 12.2. The number of carbonyl (C=O) groups excluding carboxylic acids is 1. The fourth-order valence-electron chi connectivity index (χ4n) is 2.83. The number of aromatic nitrogens is 1. The van der Waals surface area contributed by atoms with Gasteiger partial charge in [-0.1, -0.05) is 5.16 Å². The molecule has 0 unspecified atom stereocenters. The van der Waals surface area contributed by atoms with Crippen molar-refractivity contribution in [3.05, 3.63) is 17.5 Å². The van der Waals surface area contributed by atoms with Crippen LogP contribution in [0.1, 0.15) is 57.4 Å². The number of ether oxygens (including phenoxy) is 1. The van der Waals surface area contributed by atoms with Crippen molar-refractivity contribution in [2.45, 2.75) is 58.1 Å². The fourth-order valence-corrected chi connectivity index (χ4v) is 2.83. The van der Waals surface area contributed by atoms with Crippen LogP contribution in [-0.4, -0.2) is 52.8 Å². The van der Waals surface area contributed by atoms with Crippen LogP contribution >= 0.6 is 0 Å². The topological polar surface area (TPSA) is 58.8 Å². The molecule has 128 valence electrons. The summed E-state index contributed by atoms with van der Waals surface area (Å²) in [5.74, 6) is 1.63. The van der Waals surface area contributed by atoms with Crippen molar-refractivity contribution in [2.75, 3.05) is 26.2 Å². The monoisotopic (exact) mass is 321 g/mol. The Morgan fingerprint density at radius 2 is 2.09 bits per heavy atom. The Morgan fingerprint density at radius 1 is 1.30 bits per heavy atom. The Balaban J connectivity index is 1.50. The Kier molecular flexibility index (Phi) is 4.62. The molecule has 1 saturated heterocycles. The first kappa shape index (κ1) is 16.3. The van der Waals surface area contributed by atoms with Crippen LogP contribution in [0, 0.1) is 0 Å². The van der Waals surface area contributed by atoms with Crippen molar-refractivity contribution in [2.24, 2.45) is 0 Å². The van der Waals surface area contributed by atoms with Gasteiger partial charge in [0.05, 0.1) is 5.69 Å². The van der Waals surface area contributed by atoms with Gasteiger partial charge in [0, 0.05) is 44.7 Å². The van der Waals surface area contributed by atoms with Crippen LogP contribution in [0.25, 0.3) is 0 Å². The summed E-state index contributed by atoms with van der Waals surface area (Å²) < 4.78 is 10.9. The van der Waals surface area contributed by atoms with E-state index in [9.17, 15) is 4.79 Å². The van der Waals surface area contributed by atoms with Crippen LogP contribution in [0.5, 0.6) is 0 Å². The van der Waals surface area contributed by atoms with Crippen molar-refractivity contribution < 1.29 is 14.1 Å². The molecule has 0 aromatic carbocycles. The minimum absolute atomic E-state index is 0.211. The molecule has 0 bridgehead atoms. The highest BCUT2D eigenvalue weighted by molar-refractivity contribution is 5.68. The minimum atomic E-state index is -0.441. The number of nitrogens with zero attached hydrogens (tertiary/aromatic N) is 3. The maximum absolute atomic E-state index is 12.2. The van der Waals surface area contributed by atoms with E-state index in [-0.39, 0.29) is 6.09 Å². The molecule has 1 amide bonds. The summed E-state index contributed by atoms with van der Waals surface area (Å²) in [5.41, 5.74) is 0.556. The summed E-state index contributed by atoms with van der Waals surface area (Å²) in [6.45, 7) is 9.74. The lowest BCUT2D eigenvalue weighted by atomic mass is 10.2. The van der Waals surface area contributed by atoms with E-state index in [1.807, 2.05) is 25.7 Å². The van der Waals surface area contributed by atoms with Crippen molar-refractivity contribution in [3.8, 4) is 0 Å². The van der Waals surface area contributed by atoms with E-state index in [1.54, 1.807) is 0 Å². The number of amides is 1. The van der Waals surface area contributed by atoms with E-state index in [0.29, 0.717) is 12.5 Å². The van der Waals surface area contributed by atoms with Crippen molar-refractivity contribution >= 4 is 6.09 Å². The lowest BCUT2D eigenvalue weighted by Crippen LogP contribution is -2.39. The van der Waals surface area contributed by atoms with E-state index in [2.05, 4.69) is 16.1 Å². The summed E-state index contributed by atoms with van der Waals surface area (Å²) in [6, 6.07) is 2.09. The number of rotatable bonds is 3. The van der Waals surface area contributed by atoms with E-state index < -0.39 is 5.60 Å². The standard InChI is InChI=1S/C17H27N3O3/c1-17(2,3)22-16(21)20-8-4-7-19(9-10-20)12-14-11-15(23-18-14)13-5-6-13/h11,13H,4-10,12H2,1-3H3. The Morgan fingerprint density at radius 3 is 2.78 bits per heavy atom. The Bertz CT molecular complexity index is 546. The molecular formula is C17H27N3O3. The Labute approximate surface area is 137 Å². The third-order valence-electron chi connectivity index (χ3n) is 4.18. The zero-order valence-electron chi connectivity index (χ0n) is 14.4. The van der Waals surface area contributed by atoms with E-state index in [0.717, 1.165) is 44.1 Å². The normalized spacial score (nSPS) is 20.4. The smallest absolute Gasteiger partial charge is 0.410 e. The van der Waals surface area contributed by atoms with Crippen LogP contribution in [0.2, 0.25) is 0 Å². The van der Waals surface area contributed by atoms with Gasteiger partial charge < -0.3 is 14.2 Å². The molecule has 6 nitrogen and oxygen atoms in total. The third-order valence-corrected chi connectivity index (χ3v) is 4.18. The number of hydrogen-bond acceptors (Lipinski definition) is 5. The van der Waals surface area contributed by atoms with E-state index in [1.165, 1.54) is 12.8 Å². The highest BCUT2D eigenvalue weighted by Crippen LogP contribution is 2.40. The van der Waals surface area contributed by atoms with Crippen molar-refractivity contribution in [1.82, 2.24) is 15.0 Å². The minimum Gasteiger partial charge on any atom is -0.444 e. The molecule has 0 N–H and O–H groups in total. The second-order valence-electron chi connectivity index (χ2n) is 7.59.